The maximum absolute atomic E-state index is 11.6. The molecule has 0 saturated heterocycles. The average Bonchev–Trinajstić information content (AvgIpc) is 2.06. The first-order chi connectivity index (χ1) is 5.38. The Morgan fingerprint density at radius 3 is 2.73 bits per heavy atom. The number of hydrogen-bond donors (Lipinski definition) is 0. The SMILES string of the molecule is COc1ccccc1C#CF. The summed E-state index contributed by atoms with van der Waals surface area (Å²) in [5, 5.41) is 0. The molecule has 56 valence electrons. The quantitative estimate of drug-likeness (QED) is 0.556. The number of para-hydroxylation sites is 1. The van der Waals surface area contributed by atoms with Crippen LogP contribution >= 0.6 is 0 Å². The topological polar surface area (TPSA) is 9.23 Å². The zero-order chi connectivity index (χ0) is 8.10. The number of benzene rings is 1. The van der Waals surface area contributed by atoms with E-state index in [1.807, 2.05) is 6.07 Å². The van der Waals surface area contributed by atoms with E-state index in [4.69, 9.17) is 4.74 Å². The zero-order valence-electron chi connectivity index (χ0n) is 6.10. The van der Waals surface area contributed by atoms with Gasteiger partial charge in [0.05, 0.1) is 12.7 Å². The molecule has 0 aliphatic rings. The van der Waals surface area contributed by atoms with Gasteiger partial charge in [0.1, 0.15) is 11.9 Å². The van der Waals surface area contributed by atoms with Crippen LogP contribution in [0.25, 0.3) is 0 Å². The highest BCUT2D eigenvalue weighted by Gasteiger charge is 1.95. The molecule has 0 aromatic heterocycles. The third kappa shape index (κ3) is 1.71. The van der Waals surface area contributed by atoms with Gasteiger partial charge in [0, 0.05) is 0 Å². The summed E-state index contributed by atoms with van der Waals surface area (Å²) in [5.74, 6) is 2.88. The molecule has 0 N–H and O–H groups in total. The molecule has 11 heavy (non-hydrogen) atoms. The standard InChI is InChI=1S/C9H7FO/c1-11-9-5-3-2-4-8(9)6-7-10/h2-5H,1H3. The van der Waals surface area contributed by atoms with Crippen molar-refractivity contribution < 1.29 is 9.13 Å². The summed E-state index contributed by atoms with van der Waals surface area (Å²) in [6.07, 6.45) is 1.33. The van der Waals surface area contributed by atoms with Crippen molar-refractivity contribution in [2.45, 2.75) is 0 Å². The Hall–Kier alpha value is -1.49. The van der Waals surface area contributed by atoms with Crippen molar-refractivity contribution in [3.63, 3.8) is 0 Å². The van der Waals surface area contributed by atoms with Crippen molar-refractivity contribution >= 4 is 0 Å². The largest absolute Gasteiger partial charge is 0.495 e. The summed E-state index contributed by atoms with van der Waals surface area (Å²) >= 11 is 0. The summed E-state index contributed by atoms with van der Waals surface area (Å²) in [6.45, 7) is 0. The van der Waals surface area contributed by atoms with Gasteiger partial charge in [0.2, 0.25) is 0 Å². The Bertz CT molecular complexity index is 296. The van der Waals surface area contributed by atoms with Crippen LogP contribution in [0.1, 0.15) is 5.56 Å². The molecule has 1 rings (SSSR count). The van der Waals surface area contributed by atoms with E-state index in [2.05, 4.69) is 5.92 Å². The Morgan fingerprint density at radius 2 is 2.09 bits per heavy atom. The van der Waals surface area contributed by atoms with Crippen LogP contribution in [0.5, 0.6) is 5.75 Å². The van der Waals surface area contributed by atoms with Crippen LogP contribution in [0.2, 0.25) is 0 Å². The van der Waals surface area contributed by atoms with Gasteiger partial charge in [-0.1, -0.05) is 12.1 Å². The van der Waals surface area contributed by atoms with Crippen LogP contribution in [-0.4, -0.2) is 7.11 Å². The fourth-order valence-electron chi connectivity index (χ4n) is 0.799. The summed E-state index contributed by atoms with van der Waals surface area (Å²) < 4.78 is 16.5. The van der Waals surface area contributed by atoms with Gasteiger partial charge in [0.25, 0.3) is 0 Å². The molecule has 0 bridgehead atoms. The molecule has 1 aromatic carbocycles. The molecule has 1 aromatic rings. The monoisotopic (exact) mass is 150 g/mol. The molecule has 0 heterocycles. The summed E-state index contributed by atoms with van der Waals surface area (Å²) in [7, 11) is 1.53. The molecule has 1 nitrogen and oxygen atoms in total. The highest BCUT2D eigenvalue weighted by Crippen LogP contribution is 2.15. The van der Waals surface area contributed by atoms with E-state index < -0.39 is 0 Å². The normalized spacial score (nSPS) is 8.18. The van der Waals surface area contributed by atoms with Crippen LogP contribution in [0.4, 0.5) is 4.39 Å². The first-order valence-corrected chi connectivity index (χ1v) is 3.13. The van der Waals surface area contributed by atoms with Crippen LogP contribution in [-0.2, 0) is 0 Å². The van der Waals surface area contributed by atoms with E-state index in [1.165, 1.54) is 13.3 Å². The molecule has 0 saturated carbocycles. The van der Waals surface area contributed by atoms with Gasteiger partial charge in [-0.25, -0.2) is 0 Å². The summed E-state index contributed by atoms with van der Waals surface area (Å²) in [5.41, 5.74) is 0.567. The van der Waals surface area contributed by atoms with E-state index >= 15 is 0 Å². The average molecular weight is 150 g/mol. The molecular formula is C9H7FO. The van der Waals surface area contributed by atoms with Gasteiger partial charge in [0.15, 0.2) is 0 Å². The number of halogens is 1. The maximum atomic E-state index is 11.6. The first kappa shape index (κ1) is 7.62. The molecule has 2 heteroatoms. The molecule has 0 radical (unpaired) electrons. The minimum Gasteiger partial charge on any atom is -0.495 e. The number of ether oxygens (including phenoxy) is 1. The Balaban J connectivity index is 3.09. The lowest BCUT2D eigenvalue weighted by molar-refractivity contribution is 0.413. The van der Waals surface area contributed by atoms with Gasteiger partial charge in [-0.3, -0.25) is 0 Å². The lowest BCUT2D eigenvalue weighted by Gasteiger charge is -1.99. The number of rotatable bonds is 1. The summed E-state index contributed by atoms with van der Waals surface area (Å²) in [4.78, 5) is 0. The predicted molar refractivity (Wildman–Crippen MR) is 41.0 cm³/mol. The fraction of sp³-hybridized carbons (Fsp3) is 0.111. The Labute approximate surface area is 64.8 Å². The van der Waals surface area contributed by atoms with Gasteiger partial charge >= 0.3 is 0 Å². The second-order valence-electron chi connectivity index (χ2n) is 1.92. The van der Waals surface area contributed by atoms with E-state index in [0.29, 0.717) is 11.3 Å². The minimum absolute atomic E-state index is 0.567. The van der Waals surface area contributed by atoms with Gasteiger partial charge < -0.3 is 4.74 Å². The van der Waals surface area contributed by atoms with Crippen LogP contribution < -0.4 is 4.74 Å². The molecule has 0 spiro atoms. The Kier molecular flexibility index (Phi) is 2.51. The lowest BCUT2D eigenvalue weighted by Crippen LogP contribution is -1.85. The van der Waals surface area contributed by atoms with Crippen LogP contribution in [0.15, 0.2) is 24.3 Å². The molecule has 0 aliphatic heterocycles. The van der Waals surface area contributed by atoms with E-state index in [9.17, 15) is 4.39 Å². The molecule has 0 atom stereocenters. The summed E-state index contributed by atoms with van der Waals surface area (Å²) in [6, 6.07) is 7.02. The van der Waals surface area contributed by atoms with Crippen molar-refractivity contribution in [2.75, 3.05) is 7.11 Å². The third-order valence-corrected chi connectivity index (χ3v) is 1.29. The minimum atomic E-state index is 0.567. The van der Waals surface area contributed by atoms with Crippen LogP contribution in [0.3, 0.4) is 0 Å². The smallest absolute Gasteiger partial charge is 0.134 e. The lowest BCUT2D eigenvalue weighted by atomic mass is 10.2. The second kappa shape index (κ2) is 3.62. The molecule has 0 unspecified atom stereocenters. The number of hydrogen-bond acceptors (Lipinski definition) is 1. The van der Waals surface area contributed by atoms with Crippen molar-refractivity contribution in [2.24, 2.45) is 0 Å². The van der Waals surface area contributed by atoms with Gasteiger partial charge in [-0.15, -0.1) is 4.39 Å². The van der Waals surface area contributed by atoms with Gasteiger partial charge in [-0.05, 0) is 18.1 Å². The highest BCUT2D eigenvalue weighted by molar-refractivity contribution is 5.44. The fourth-order valence-corrected chi connectivity index (χ4v) is 0.799. The van der Waals surface area contributed by atoms with Crippen molar-refractivity contribution in [3.05, 3.63) is 29.8 Å². The van der Waals surface area contributed by atoms with E-state index in [1.54, 1.807) is 18.2 Å². The third-order valence-electron chi connectivity index (χ3n) is 1.29. The first-order valence-electron chi connectivity index (χ1n) is 3.13. The zero-order valence-corrected chi connectivity index (χ0v) is 6.10. The molecule has 0 amide bonds. The van der Waals surface area contributed by atoms with E-state index in [-0.39, 0.29) is 0 Å². The molecule has 0 aliphatic carbocycles. The van der Waals surface area contributed by atoms with Gasteiger partial charge in [-0.2, -0.15) is 0 Å². The molecule has 0 fully saturated rings. The second-order valence-corrected chi connectivity index (χ2v) is 1.92. The maximum Gasteiger partial charge on any atom is 0.134 e. The van der Waals surface area contributed by atoms with Crippen molar-refractivity contribution in [3.8, 4) is 17.8 Å². The van der Waals surface area contributed by atoms with Crippen LogP contribution in [0, 0.1) is 12.1 Å². The number of methoxy groups -OCH3 is 1. The predicted octanol–water partition coefficient (Wildman–Crippen LogP) is 1.97. The Morgan fingerprint density at radius 1 is 1.36 bits per heavy atom. The van der Waals surface area contributed by atoms with Crippen molar-refractivity contribution in [1.29, 1.82) is 0 Å². The highest BCUT2D eigenvalue weighted by atomic mass is 19.1. The van der Waals surface area contributed by atoms with E-state index in [0.717, 1.165) is 0 Å². The molecular weight excluding hydrogens is 143 g/mol. The van der Waals surface area contributed by atoms with Crippen molar-refractivity contribution in [1.82, 2.24) is 0 Å².